The lowest BCUT2D eigenvalue weighted by molar-refractivity contribution is -0.118. The van der Waals surface area contributed by atoms with Crippen molar-refractivity contribution < 1.29 is 14.3 Å². The van der Waals surface area contributed by atoms with Crippen molar-refractivity contribution in [3.63, 3.8) is 0 Å². The zero-order chi connectivity index (χ0) is 10.8. The van der Waals surface area contributed by atoms with Crippen molar-refractivity contribution in [1.82, 2.24) is 0 Å². The fourth-order valence-electron chi connectivity index (χ4n) is 1.59. The van der Waals surface area contributed by atoms with Gasteiger partial charge >= 0.3 is 6.09 Å². The largest absolute Gasteiger partial charge is 0.446 e. The molecular formula is C11H11NO3. The Morgan fingerprint density at radius 1 is 1.40 bits per heavy atom. The summed E-state index contributed by atoms with van der Waals surface area (Å²) >= 11 is 0. The summed E-state index contributed by atoms with van der Waals surface area (Å²) in [6, 6.07) is 8.56. The van der Waals surface area contributed by atoms with Crippen LogP contribution >= 0.6 is 0 Å². The van der Waals surface area contributed by atoms with Gasteiger partial charge in [0.25, 0.3) is 0 Å². The van der Waals surface area contributed by atoms with Crippen molar-refractivity contribution in [3.8, 4) is 0 Å². The zero-order valence-corrected chi connectivity index (χ0v) is 8.34. The Bertz CT molecular complexity index is 388. The van der Waals surface area contributed by atoms with Gasteiger partial charge in [0.15, 0.2) is 5.78 Å². The summed E-state index contributed by atoms with van der Waals surface area (Å²) in [5.74, 6) is -0.0651. The van der Waals surface area contributed by atoms with Crippen LogP contribution in [0.15, 0.2) is 30.3 Å². The van der Waals surface area contributed by atoms with Gasteiger partial charge in [-0.15, -0.1) is 0 Å². The third kappa shape index (κ3) is 1.70. The first-order valence-corrected chi connectivity index (χ1v) is 4.71. The van der Waals surface area contributed by atoms with Crippen LogP contribution in [0.1, 0.15) is 6.92 Å². The minimum Gasteiger partial charge on any atom is -0.446 e. The van der Waals surface area contributed by atoms with Gasteiger partial charge in [0.05, 0.1) is 0 Å². The number of ether oxygens (including phenoxy) is 1. The van der Waals surface area contributed by atoms with Crippen molar-refractivity contribution >= 4 is 17.6 Å². The number of cyclic esters (lactones) is 1. The lowest BCUT2D eigenvalue weighted by atomic mass is 10.2. The molecule has 1 fully saturated rings. The van der Waals surface area contributed by atoms with Crippen molar-refractivity contribution in [2.45, 2.75) is 13.0 Å². The molecule has 1 aliphatic rings. The van der Waals surface area contributed by atoms with Crippen LogP contribution < -0.4 is 4.90 Å². The summed E-state index contributed by atoms with van der Waals surface area (Å²) in [5.41, 5.74) is 0.695. The summed E-state index contributed by atoms with van der Waals surface area (Å²) in [6.07, 6.45) is -0.457. The number of ketones is 1. The van der Waals surface area contributed by atoms with Crippen LogP contribution in [0.5, 0.6) is 0 Å². The van der Waals surface area contributed by atoms with Gasteiger partial charge in [-0.1, -0.05) is 18.2 Å². The number of carbonyl (C=O) groups excluding carboxylic acids is 2. The molecule has 2 rings (SSSR count). The highest BCUT2D eigenvalue weighted by Crippen LogP contribution is 2.22. The van der Waals surface area contributed by atoms with Crippen LogP contribution in [0.2, 0.25) is 0 Å². The Labute approximate surface area is 87.4 Å². The number of Topliss-reactive ketones (excluding diaryl/α,β-unsaturated/α-hetero) is 1. The van der Waals surface area contributed by atoms with E-state index in [0.29, 0.717) is 5.69 Å². The number of benzene rings is 1. The maximum absolute atomic E-state index is 11.4. The molecule has 4 nitrogen and oxygen atoms in total. The number of hydrogen-bond acceptors (Lipinski definition) is 3. The highest BCUT2D eigenvalue weighted by atomic mass is 16.6. The second-order valence-corrected chi connectivity index (χ2v) is 3.41. The van der Waals surface area contributed by atoms with Gasteiger partial charge in [-0.05, 0) is 19.1 Å². The molecule has 0 spiro atoms. The smallest absolute Gasteiger partial charge is 0.415 e. The number of rotatable bonds is 2. The quantitative estimate of drug-likeness (QED) is 0.736. The fourth-order valence-corrected chi connectivity index (χ4v) is 1.59. The first-order valence-electron chi connectivity index (χ1n) is 4.71. The van der Waals surface area contributed by atoms with E-state index in [1.807, 2.05) is 18.2 Å². The fraction of sp³-hybridized carbons (Fsp3) is 0.273. The van der Waals surface area contributed by atoms with Crippen molar-refractivity contribution in [1.29, 1.82) is 0 Å². The predicted octanol–water partition coefficient (Wildman–Crippen LogP) is 1.60. The average molecular weight is 205 g/mol. The Hall–Kier alpha value is -1.84. The van der Waals surface area contributed by atoms with Crippen molar-refractivity contribution in [2.24, 2.45) is 0 Å². The summed E-state index contributed by atoms with van der Waals surface area (Å²) < 4.78 is 4.86. The second kappa shape index (κ2) is 3.73. The number of nitrogens with zero attached hydrogens (tertiary/aromatic N) is 1. The third-order valence-corrected chi connectivity index (χ3v) is 2.38. The van der Waals surface area contributed by atoms with E-state index in [0.717, 1.165) is 0 Å². The second-order valence-electron chi connectivity index (χ2n) is 3.41. The highest BCUT2D eigenvalue weighted by Gasteiger charge is 2.36. The minimum absolute atomic E-state index is 0.0651. The number of hydrogen-bond donors (Lipinski definition) is 0. The van der Waals surface area contributed by atoms with Crippen LogP contribution in [-0.4, -0.2) is 24.5 Å². The molecule has 78 valence electrons. The monoisotopic (exact) mass is 205 g/mol. The first kappa shape index (κ1) is 9.71. The maximum atomic E-state index is 11.4. The third-order valence-electron chi connectivity index (χ3n) is 2.38. The van der Waals surface area contributed by atoms with E-state index in [4.69, 9.17) is 4.74 Å². The molecule has 1 aromatic carbocycles. The molecule has 0 N–H and O–H groups in total. The Balaban J connectivity index is 2.33. The number of amides is 1. The molecule has 1 amide bonds. The lowest BCUT2D eigenvalue weighted by Crippen LogP contribution is -2.38. The molecule has 1 aliphatic heterocycles. The molecule has 1 aromatic rings. The molecule has 0 saturated carbocycles. The summed E-state index contributed by atoms with van der Waals surface area (Å²) in [5, 5.41) is 0. The zero-order valence-electron chi connectivity index (χ0n) is 8.34. The van der Waals surface area contributed by atoms with E-state index < -0.39 is 12.1 Å². The summed E-state index contributed by atoms with van der Waals surface area (Å²) in [7, 11) is 0. The van der Waals surface area contributed by atoms with Crippen molar-refractivity contribution in [2.75, 3.05) is 11.5 Å². The van der Waals surface area contributed by atoms with Crippen LogP contribution in [0.3, 0.4) is 0 Å². The molecule has 0 aliphatic carbocycles. The van der Waals surface area contributed by atoms with Gasteiger partial charge in [0, 0.05) is 5.69 Å². The van der Waals surface area contributed by atoms with Gasteiger partial charge in [0.2, 0.25) is 0 Å². The van der Waals surface area contributed by atoms with E-state index >= 15 is 0 Å². The topological polar surface area (TPSA) is 46.6 Å². The van der Waals surface area contributed by atoms with E-state index in [1.54, 1.807) is 12.1 Å². The first-order chi connectivity index (χ1) is 7.20. The Kier molecular flexibility index (Phi) is 2.41. The standard InChI is InChI=1S/C11H11NO3/c1-8(13)10-7-15-11(14)12(10)9-5-3-2-4-6-9/h2-6,10H,7H2,1H3/t10-/m1/s1. The molecule has 1 atom stereocenters. The number of carbonyl (C=O) groups is 2. The molecule has 0 aromatic heterocycles. The van der Waals surface area contributed by atoms with E-state index in [-0.39, 0.29) is 12.4 Å². The molecule has 1 heterocycles. The van der Waals surface area contributed by atoms with Crippen LogP contribution in [-0.2, 0) is 9.53 Å². The minimum atomic E-state index is -0.486. The Morgan fingerprint density at radius 3 is 2.67 bits per heavy atom. The maximum Gasteiger partial charge on any atom is 0.415 e. The van der Waals surface area contributed by atoms with E-state index in [9.17, 15) is 9.59 Å². The van der Waals surface area contributed by atoms with E-state index in [2.05, 4.69) is 0 Å². The molecule has 0 bridgehead atoms. The molecule has 0 unspecified atom stereocenters. The lowest BCUT2D eigenvalue weighted by Gasteiger charge is -2.18. The molecule has 15 heavy (non-hydrogen) atoms. The van der Waals surface area contributed by atoms with Gasteiger partial charge in [-0.2, -0.15) is 0 Å². The van der Waals surface area contributed by atoms with Gasteiger partial charge < -0.3 is 4.74 Å². The molecule has 4 heteroatoms. The summed E-state index contributed by atoms with van der Waals surface area (Å²) in [6.45, 7) is 1.60. The van der Waals surface area contributed by atoms with Crippen LogP contribution in [0.4, 0.5) is 10.5 Å². The summed E-state index contributed by atoms with van der Waals surface area (Å²) in [4.78, 5) is 24.1. The molecular weight excluding hydrogens is 194 g/mol. The predicted molar refractivity (Wildman–Crippen MR) is 54.7 cm³/mol. The number of para-hydroxylation sites is 1. The van der Waals surface area contributed by atoms with Gasteiger partial charge in [-0.3, -0.25) is 9.69 Å². The van der Waals surface area contributed by atoms with Crippen LogP contribution in [0, 0.1) is 0 Å². The van der Waals surface area contributed by atoms with Crippen molar-refractivity contribution in [3.05, 3.63) is 30.3 Å². The highest BCUT2D eigenvalue weighted by molar-refractivity contribution is 5.99. The molecule has 1 saturated heterocycles. The van der Waals surface area contributed by atoms with E-state index in [1.165, 1.54) is 11.8 Å². The SMILES string of the molecule is CC(=O)[C@H]1COC(=O)N1c1ccccc1. The number of anilines is 1. The average Bonchev–Trinajstić information content (AvgIpc) is 2.61. The van der Waals surface area contributed by atoms with Gasteiger partial charge in [0.1, 0.15) is 12.6 Å². The molecule has 0 radical (unpaired) electrons. The van der Waals surface area contributed by atoms with Gasteiger partial charge in [-0.25, -0.2) is 4.79 Å². The van der Waals surface area contributed by atoms with Crippen LogP contribution in [0.25, 0.3) is 0 Å². The Morgan fingerprint density at radius 2 is 2.07 bits per heavy atom. The normalized spacial score (nSPS) is 20.2.